The van der Waals surface area contributed by atoms with Crippen molar-refractivity contribution < 1.29 is 18.7 Å². The molecule has 2 rings (SSSR count). The average Bonchev–Trinajstić information content (AvgIpc) is 3.25. The number of benzene rings is 1. The van der Waals surface area contributed by atoms with Crippen LogP contribution in [-0.2, 0) is 14.3 Å². The minimum atomic E-state index is -0.756. The van der Waals surface area contributed by atoms with E-state index in [4.69, 9.17) is 4.74 Å². The molecule has 6 heteroatoms. The first-order valence-electron chi connectivity index (χ1n) is 6.93. The normalized spacial score (nSPS) is 15.3. The number of hydrogen-bond donors (Lipinski definition) is 1. The van der Waals surface area contributed by atoms with Crippen LogP contribution in [0.15, 0.2) is 29.2 Å². The summed E-state index contributed by atoms with van der Waals surface area (Å²) in [5.41, 5.74) is 0. The molecule has 0 aromatic heterocycles. The Balaban J connectivity index is 1.64. The molecule has 1 aromatic carbocycles. The summed E-state index contributed by atoms with van der Waals surface area (Å²) in [6.07, 6.45) is 1.46. The Morgan fingerprint density at radius 1 is 1.38 bits per heavy atom. The summed E-state index contributed by atoms with van der Waals surface area (Å²) >= 11 is 1.45. The SMILES string of the molecule is C[C@H](OC(=O)CCSc1ccc(F)cc1)C(=O)NC1CC1. The minimum absolute atomic E-state index is 0.211. The Morgan fingerprint density at radius 3 is 2.67 bits per heavy atom. The third-order valence-corrected chi connectivity index (χ3v) is 4.00. The van der Waals surface area contributed by atoms with Crippen LogP contribution in [0, 0.1) is 5.82 Å². The summed E-state index contributed by atoms with van der Waals surface area (Å²) in [7, 11) is 0. The Morgan fingerprint density at radius 2 is 2.05 bits per heavy atom. The summed E-state index contributed by atoms with van der Waals surface area (Å²) in [5.74, 6) is -0.393. The van der Waals surface area contributed by atoms with Crippen molar-refractivity contribution in [2.75, 3.05) is 5.75 Å². The monoisotopic (exact) mass is 311 g/mol. The predicted molar refractivity (Wildman–Crippen MR) is 78.5 cm³/mol. The number of nitrogens with one attached hydrogen (secondary N) is 1. The molecular formula is C15H18FNO3S. The van der Waals surface area contributed by atoms with Crippen molar-refractivity contribution in [3.05, 3.63) is 30.1 Å². The second-order valence-electron chi connectivity index (χ2n) is 4.97. The van der Waals surface area contributed by atoms with Gasteiger partial charge in [0.15, 0.2) is 6.10 Å². The summed E-state index contributed by atoms with van der Waals surface area (Å²) in [6, 6.07) is 6.34. The first kappa shape index (κ1) is 15.8. The van der Waals surface area contributed by atoms with E-state index >= 15 is 0 Å². The lowest BCUT2D eigenvalue weighted by Crippen LogP contribution is -2.37. The Kier molecular flexibility index (Phi) is 5.61. The molecule has 1 aliphatic rings. The fourth-order valence-electron chi connectivity index (χ4n) is 1.64. The van der Waals surface area contributed by atoms with Gasteiger partial charge >= 0.3 is 5.97 Å². The summed E-state index contributed by atoms with van der Waals surface area (Å²) in [5, 5.41) is 2.79. The summed E-state index contributed by atoms with van der Waals surface area (Å²) in [6.45, 7) is 1.57. The van der Waals surface area contributed by atoms with Crippen molar-refractivity contribution in [3.63, 3.8) is 0 Å². The van der Waals surface area contributed by atoms with Crippen molar-refractivity contribution in [3.8, 4) is 0 Å². The number of thioether (sulfide) groups is 1. The van der Waals surface area contributed by atoms with Crippen molar-refractivity contribution in [1.29, 1.82) is 0 Å². The first-order chi connectivity index (χ1) is 10.0. The molecule has 1 aliphatic carbocycles. The molecule has 4 nitrogen and oxygen atoms in total. The van der Waals surface area contributed by atoms with Crippen molar-refractivity contribution >= 4 is 23.6 Å². The fourth-order valence-corrected chi connectivity index (χ4v) is 2.47. The maximum absolute atomic E-state index is 12.7. The van der Waals surface area contributed by atoms with Gasteiger partial charge in [-0.1, -0.05) is 0 Å². The Bertz CT molecular complexity index is 502. The van der Waals surface area contributed by atoms with Crippen molar-refractivity contribution in [2.45, 2.75) is 43.2 Å². The minimum Gasteiger partial charge on any atom is -0.453 e. The lowest BCUT2D eigenvalue weighted by molar-refractivity contribution is -0.154. The van der Waals surface area contributed by atoms with Crippen LogP contribution in [-0.4, -0.2) is 29.8 Å². The number of rotatable bonds is 7. The van der Waals surface area contributed by atoms with Crippen LogP contribution in [0.5, 0.6) is 0 Å². The van der Waals surface area contributed by atoms with Crippen LogP contribution in [0.4, 0.5) is 4.39 Å². The van der Waals surface area contributed by atoms with Gasteiger partial charge in [0, 0.05) is 16.7 Å². The zero-order valence-corrected chi connectivity index (χ0v) is 12.6. The number of ether oxygens (including phenoxy) is 1. The number of hydrogen-bond acceptors (Lipinski definition) is 4. The van der Waals surface area contributed by atoms with Crippen LogP contribution in [0.1, 0.15) is 26.2 Å². The molecule has 0 saturated heterocycles. The zero-order chi connectivity index (χ0) is 15.2. The molecule has 0 unspecified atom stereocenters. The highest BCUT2D eigenvalue weighted by Gasteiger charge is 2.27. The predicted octanol–water partition coefficient (Wildman–Crippen LogP) is 2.52. The average molecular weight is 311 g/mol. The van der Waals surface area contributed by atoms with E-state index in [1.54, 1.807) is 19.1 Å². The molecule has 0 bridgehead atoms. The third-order valence-electron chi connectivity index (χ3n) is 2.99. The highest BCUT2D eigenvalue weighted by atomic mass is 32.2. The van der Waals surface area contributed by atoms with Crippen molar-refractivity contribution in [2.24, 2.45) is 0 Å². The van der Waals surface area contributed by atoms with Gasteiger partial charge in [-0.3, -0.25) is 9.59 Å². The summed E-state index contributed by atoms with van der Waals surface area (Å²) in [4.78, 5) is 24.1. The Hall–Kier alpha value is -1.56. The fraction of sp³-hybridized carbons (Fsp3) is 0.467. The molecule has 0 spiro atoms. The molecule has 21 heavy (non-hydrogen) atoms. The number of carbonyl (C=O) groups excluding carboxylic acids is 2. The van der Waals surface area contributed by atoms with Gasteiger partial charge in [0.25, 0.3) is 5.91 Å². The quantitative estimate of drug-likeness (QED) is 0.621. The van der Waals surface area contributed by atoms with E-state index in [0.29, 0.717) is 5.75 Å². The van der Waals surface area contributed by atoms with E-state index in [2.05, 4.69) is 5.32 Å². The summed E-state index contributed by atoms with van der Waals surface area (Å²) < 4.78 is 17.8. The smallest absolute Gasteiger partial charge is 0.307 e. The Labute approximate surface area is 127 Å². The van der Waals surface area contributed by atoms with Gasteiger partial charge in [0.1, 0.15) is 5.82 Å². The topological polar surface area (TPSA) is 55.4 Å². The second kappa shape index (κ2) is 7.45. The molecule has 0 heterocycles. The lowest BCUT2D eigenvalue weighted by atomic mass is 10.3. The van der Waals surface area contributed by atoms with Crippen molar-refractivity contribution in [1.82, 2.24) is 5.32 Å². The van der Waals surface area contributed by atoms with Crippen LogP contribution >= 0.6 is 11.8 Å². The van der Waals surface area contributed by atoms with Gasteiger partial charge in [-0.05, 0) is 44.0 Å². The van der Waals surface area contributed by atoms with E-state index in [0.717, 1.165) is 17.7 Å². The molecular weight excluding hydrogens is 293 g/mol. The maximum atomic E-state index is 12.7. The molecule has 114 valence electrons. The molecule has 0 radical (unpaired) electrons. The van der Waals surface area contributed by atoms with Crippen LogP contribution in [0.3, 0.4) is 0 Å². The van der Waals surface area contributed by atoms with Gasteiger partial charge < -0.3 is 10.1 Å². The van der Waals surface area contributed by atoms with E-state index in [9.17, 15) is 14.0 Å². The van der Waals surface area contributed by atoms with E-state index in [1.165, 1.54) is 23.9 Å². The van der Waals surface area contributed by atoms with Gasteiger partial charge in [-0.15, -0.1) is 11.8 Å². The number of amides is 1. The van der Waals surface area contributed by atoms with Gasteiger partial charge in [0.05, 0.1) is 6.42 Å². The highest BCUT2D eigenvalue weighted by molar-refractivity contribution is 7.99. The molecule has 1 aromatic rings. The van der Waals surface area contributed by atoms with Gasteiger partial charge in [-0.25, -0.2) is 4.39 Å². The number of halogens is 1. The molecule has 1 amide bonds. The molecule has 0 aliphatic heterocycles. The van der Waals surface area contributed by atoms with Gasteiger partial charge in [-0.2, -0.15) is 0 Å². The molecule has 1 fully saturated rings. The van der Waals surface area contributed by atoms with Gasteiger partial charge in [0.2, 0.25) is 0 Å². The second-order valence-corrected chi connectivity index (χ2v) is 6.14. The largest absolute Gasteiger partial charge is 0.453 e. The molecule has 1 saturated carbocycles. The number of carbonyl (C=O) groups is 2. The maximum Gasteiger partial charge on any atom is 0.307 e. The number of esters is 1. The van der Waals surface area contributed by atoms with E-state index in [1.807, 2.05) is 0 Å². The van der Waals surface area contributed by atoms with E-state index < -0.39 is 12.1 Å². The van der Waals surface area contributed by atoms with Crippen LogP contribution in [0.25, 0.3) is 0 Å². The van der Waals surface area contributed by atoms with Crippen LogP contribution < -0.4 is 5.32 Å². The first-order valence-corrected chi connectivity index (χ1v) is 7.91. The zero-order valence-electron chi connectivity index (χ0n) is 11.8. The molecule has 1 N–H and O–H groups in total. The molecule has 1 atom stereocenters. The third kappa shape index (κ3) is 5.75. The lowest BCUT2D eigenvalue weighted by Gasteiger charge is -2.13. The standard InChI is InChI=1S/C15H18FNO3S/c1-10(15(19)17-12-4-5-12)20-14(18)8-9-21-13-6-2-11(16)3-7-13/h2-3,6-7,10,12H,4-5,8-9H2,1H3,(H,17,19)/t10-/m0/s1. The van der Waals surface area contributed by atoms with E-state index in [-0.39, 0.29) is 24.2 Å². The van der Waals surface area contributed by atoms with Crippen LogP contribution in [0.2, 0.25) is 0 Å². The highest BCUT2D eigenvalue weighted by Crippen LogP contribution is 2.20.